The summed E-state index contributed by atoms with van der Waals surface area (Å²) in [7, 11) is 0. The van der Waals surface area contributed by atoms with Gasteiger partial charge in [-0.1, -0.05) is 12.1 Å². The molecule has 0 saturated heterocycles. The summed E-state index contributed by atoms with van der Waals surface area (Å²) in [6, 6.07) is 10.6. The SMILES string of the molecule is CCNC(=O)N1N=C(c2ccc(NC(C)=O)cc2)c2cc3c(cc2C1C)OCO3. The zero-order chi connectivity index (χ0) is 20.5. The summed E-state index contributed by atoms with van der Waals surface area (Å²) in [5, 5.41) is 11.7. The molecule has 8 nitrogen and oxygen atoms in total. The normalized spacial score (nSPS) is 16.7. The number of carbonyl (C=O) groups excluding carboxylic acids is 2. The van der Waals surface area contributed by atoms with Crippen LogP contribution in [0.1, 0.15) is 43.5 Å². The Hall–Kier alpha value is -3.55. The van der Waals surface area contributed by atoms with E-state index in [1.165, 1.54) is 11.9 Å². The molecule has 0 radical (unpaired) electrons. The maximum absolute atomic E-state index is 12.6. The molecule has 2 aliphatic heterocycles. The van der Waals surface area contributed by atoms with Crippen molar-refractivity contribution in [1.82, 2.24) is 10.3 Å². The number of rotatable bonds is 3. The van der Waals surface area contributed by atoms with Gasteiger partial charge in [0.15, 0.2) is 11.5 Å². The summed E-state index contributed by atoms with van der Waals surface area (Å²) >= 11 is 0. The minimum Gasteiger partial charge on any atom is -0.454 e. The highest BCUT2D eigenvalue weighted by Gasteiger charge is 2.32. The second-order valence-electron chi connectivity index (χ2n) is 6.86. The van der Waals surface area contributed by atoms with Crippen molar-refractivity contribution >= 4 is 23.3 Å². The number of nitrogens with one attached hydrogen (secondary N) is 2. The number of anilines is 1. The minimum atomic E-state index is -0.270. The van der Waals surface area contributed by atoms with E-state index in [4.69, 9.17) is 9.47 Å². The number of benzene rings is 2. The van der Waals surface area contributed by atoms with Gasteiger partial charge in [-0.15, -0.1) is 0 Å². The van der Waals surface area contributed by atoms with Crippen molar-refractivity contribution in [1.29, 1.82) is 0 Å². The highest BCUT2D eigenvalue weighted by Crippen LogP contribution is 2.41. The molecule has 4 rings (SSSR count). The molecule has 3 amide bonds. The molecule has 2 aromatic carbocycles. The molecule has 29 heavy (non-hydrogen) atoms. The van der Waals surface area contributed by atoms with Gasteiger partial charge in [0.25, 0.3) is 0 Å². The predicted octanol–water partition coefficient (Wildman–Crippen LogP) is 3.23. The summed E-state index contributed by atoms with van der Waals surface area (Å²) in [6.45, 7) is 5.93. The molecule has 0 aliphatic carbocycles. The molecule has 0 spiro atoms. The van der Waals surface area contributed by atoms with E-state index >= 15 is 0 Å². The molecule has 0 bridgehead atoms. The molecule has 8 heteroatoms. The second-order valence-corrected chi connectivity index (χ2v) is 6.86. The number of hydrogen-bond donors (Lipinski definition) is 2. The average molecular weight is 394 g/mol. The van der Waals surface area contributed by atoms with Crippen LogP contribution in [0.2, 0.25) is 0 Å². The first-order valence-electron chi connectivity index (χ1n) is 9.45. The molecule has 150 valence electrons. The first-order chi connectivity index (χ1) is 14.0. The van der Waals surface area contributed by atoms with Gasteiger partial charge in [-0.25, -0.2) is 9.80 Å². The highest BCUT2D eigenvalue weighted by molar-refractivity contribution is 6.15. The van der Waals surface area contributed by atoms with E-state index in [2.05, 4.69) is 15.7 Å². The molecule has 2 N–H and O–H groups in total. The fourth-order valence-corrected chi connectivity index (χ4v) is 3.47. The van der Waals surface area contributed by atoms with Gasteiger partial charge in [0.05, 0.1) is 11.8 Å². The fourth-order valence-electron chi connectivity index (χ4n) is 3.47. The lowest BCUT2D eigenvalue weighted by molar-refractivity contribution is -0.114. The van der Waals surface area contributed by atoms with Gasteiger partial charge in [0.1, 0.15) is 0 Å². The van der Waals surface area contributed by atoms with Gasteiger partial charge in [-0.3, -0.25) is 4.79 Å². The molecule has 1 atom stereocenters. The number of fused-ring (bicyclic) bond motifs is 2. The Morgan fingerprint density at radius 2 is 1.86 bits per heavy atom. The number of carbonyl (C=O) groups is 2. The Labute approximate surface area is 168 Å². The van der Waals surface area contributed by atoms with Crippen molar-refractivity contribution in [3.8, 4) is 11.5 Å². The third-order valence-corrected chi connectivity index (χ3v) is 4.84. The van der Waals surface area contributed by atoms with Crippen LogP contribution in [-0.2, 0) is 4.79 Å². The van der Waals surface area contributed by atoms with Crippen molar-refractivity contribution in [3.63, 3.8) is 0 Å². The Morgan fingerprint density at radius 3 is 2.52 bits per heavy atom. The lowest BCUT2D eigenvalue weighted by Gasteiger charge is -2.32. The van der Waals surface area contributed by atoms with Crippen LogP contribution in [-0.4, -0.2) is 36.0 Å². The lowest BCUT2D eigenvalue weighted by atomic mass is 9.91. The molecule has 2 aliphatic rings. The standard InChI is InChI=1S/C21H22N4O4/c1-4-22-21(27)25-12(2)16-9-18-19(29-11-28-18)10-17(16)20(24-25)14-5-7-15(8-6-14)23-13(3)26/h5-10,12H,4,11H2,1-3H3,(H,22,27)(H,23,26). The number of urea groups is 1. The summed E-state index contributed by atoms with van der Waals surface area (Å²) < 4.78 is 11.1. The third-order valence-electron chi connectivity index (χ3n) is 4.84. The Kier molecular flexibility index (Phi) is 4.84. The molecule has 0 aromatic heterocycles. The summed E-state index contributed by atoms with van der Waals surface area (Å²) in [5.41, 5.74) is 3.97. The van der Waals surface area contributed by atoms with Crippen LogP contribution in [0.15, 0.2) is 41.5 Å². The maximum atomic E-state index is 12.6. The topological polar surface area (TPSA) is 92.3 Å². The van der Waals surface area contributed by atoms with Crippen molar-refractivity contribution in [2.24, 2.45) is 5.10 Å². The van der Waals surface area contributed by atoms with Gasteiger partial charge < -0.3 is 20.1 Å². The van der Waals surface area contributed by atoms with E-state index in [1.54, 1.807) is 12.1 Å². The largest absolute Gasteiger partial charge is 0.454 e. The maximum Gasteiger partial charge on any atom is 0.338 e. The summed E-state index contributed by atoms with van der Waals surface area (Å²) in [6.07, 6.45) is 0. The smallest absolute Gasteiger partial charge is 0.338 e. The third kappa shape index (κ3) is 3.49. The monoisotopic (exact) mass is 394 g/mol. The van der Waals surface area contributed by atoms with Crippen LogP contribution in [0.5, 0.6) is 11.5 Å². The van der Waals surface area contributed by atoms with Crippen LogP contribution >= 0.6 is 0 Å². The molecule has 0 saturated carbocycles. The van der Waals surface area contributed by atoms with Crippen LogP contribution in [0.25, 0.3) is 0 Å². The molecular formula is C21H22N4O4. The first-order valence-corrected chi connectivity index (χ1v) is 9.45. The van der Waals surface area contributed by atoms with Gasteiger partial charge in [0.2, 0.25) is 12.7 Å². The zero-order valence-electron chi connectivity index (χ0n) is 16.5. The van der Waals surface area contributed by atoms with E-state index < -0.39 is 0 Å². The number of hydrogen-bond acceptors (Lipinski definition) is 5. The van der Waals surface area contributed by atoms with Crippen molar-refractivity contribution < 1.29 is 19.1 Å². The molecule has 0 fully saturated rings. The van der Waals surface area contributed by atoms with E-state index in [0.717, 1.165) is 16.7 Å². The predicted molar refractivity (Wildman–Crippen MR) is 108 cm³/mol. The van der Waals surface area contributed by atoms with E-state index in [1.807, 2.05) is 38.1 Å². The fraction of sp³-hybridized carbons (Fsp3) is 0.286. The molecule has 2 aromatic rings. The van der Waals surface area contributed by atoms with Crippen LogP contribution < -0.4 is 20.1 Å². The van der Waals surface area contributed by atoms with Crippen LogP contribution in [0, 0.1) is 0 Å². The average Bonchev–Trinajstić information content (AvgIpc) is 3.15. The van der Waals surface area contributed by atoms with E-state index in [0.29, 0.717) is 29.4 Å². The van der Waals surface area contributed by atoms with Crippen molar-refractivity contribution in [3.05, 3.63) is 53.1 Å². The number of nitrogens with zero attached hydrogens (tertiary/aromatic N) is 2. The van der Waals surface area contributed by atoms with E-state index in [9.17, 15) is 9.59 Å². The Morgan fingerprint density at radius 1 is 1.17 bits per heavy atom. The lowest BCUT2D eigenvalue weighted by Crippen LogP contribution is -2.41. The molecule has 1 unspecified atom stereocenters. The van der Waals surface area contributed by atoms with Gasteiger partial charge in [-0.2, -0.15) is 5.10 Å². The quantitative estimate of drug-likeness (QED) is 0.836. The summed E-state index contributed by atoms with van der Waals surface area (Å²) in [5.74, 6) is 1.18. The number of ether oxygens (including phenoxy) is 2. The second kappa shape index (κ2) is 7.46. The molecule has 2 heterocycles. The molecular weight excluding hydrogens is 372 g/mol. The Bertz CT molecular complexity index is 1000. The number of amides is 3. The number of hydrazone groups is 1. The first kappa shape index (κ1) is 18.8. The van der Waals surface area contributed by atoms with Gasteiger partial charge >= 0.3 is 6.03 Å². The minimum absolute atomic E-state index is 0.137. The Balaban J connectivity index is 1.80. The highest BCUT2D eigenvalue weighted by atomic mass is 16.7. The van der Waals surface area contributed by atoms with Crippen molar-refractivity contribution in [2.75, 3.05) is 18.7 Å². The van der Waals surface area contributed by atoms with Crippen molar-refractivity contribution in [2.45, 2.75) is 26.8 Å². The van der Waals surface area contributed by atoms with Crippen LogP contribution in [0.3, 0.4) is 0 Å². The zero-order valence-corrected chi connectivity index (χ0v) is 16.5. The summed E-state index contributed by atoms with van der Waals surface area (Å²) in [4.78, 5) is 23.9. The van der Waals surface area contributed by atoms with Crippen LogP contribution in [0.4, 0.5) is 10.5 Å². The van der Waals surface area contributed by atoms with Gasteiger partial charge in [-0.05, 0) is 43.7 Å². The van der Waals surface area contributed by atoms with Gasteiger partial charge in [0, 0.05) is 30.3 Å². The van der Waals surface area contributed by atoms with E-state index in [-0.39, 0.29) is 24.8 Å².